The molecule has 5 aromatic carbocycles. The fourth-order valence-corrected chi connectivity index (χ4v) is 5.38. The third kappa shape index (κ3) is 7.31. The maximum Gasteiger partial charge on any atom is 0.0211 e. The van der Waals surface area contributed by atoms with Crippen LogP contribution in [0.1, 0.15) is 47.9 Å². The van der Waals surface area contributed by atoms with Crippen LogP contribution in [0.3, 0.4) is 0 Å². The van der Waals surface area contributed by atoms with E-state index in [2.05, 4.69) is 120 Å². The van der Waals surface area contributed by atoms with Crippen molar-refractivity contribution in [1.29, 1.82) is 0 Å². The van der Waals surface area contributed by atoms with Crippen LogP contribution in [0.2, 0.25) is 0 Å². The van der Waals surface area contributed by atoms with Crippen molar-refractivity contribution < 1.29 is 0 Å². The van der Waals surface area contributed by atoms with Crippen molar-refractivity contribution in [1.82, 2.24) is 10.6 Å². The summed E-state index contributed by atoms with van der Waals surface area (Å²) < 4.78 is 0. The van der Waals surface area contributed by atoms with E-state index in [0.717, 1.165) is 39.0 Å². The summed E-state index contributed by atoms with van der Waals surface area (Å²) in [5, 5.41) is 12.8. The van der Waals surface area contributed by atoms with Crippen LogP contribution in [0.15, 0.2) is 109 Å². The predicted molar refractivity (Wildman–Crippen MR) is 164 cm³/mol. The SMILES string of the molecule is c1ccc(CCCCNCc2cccc3cc4c(CNCCCCc5ccccc5)cccc4cc23)cc1. The molecular weight excluding hydrogens is 460 g/mol. The molecule has 0 saturated carbocycles. The molecule has 2 nitrogen and oxygen atoms in total. The second kappa shape index (κ2) is 13.9. The molecule has 0 aliphatic heterocycles. The molecule has 0 aliphatic carbocycles. The lowest BCUT2D eigenvalue weighted by Crippen LogP contribution is -2.15. The molecule has 5 aromatic rings. The van der Waals surface area contributed by atoms with Gasteiger partial charge in [-0.05, 0) is 108 Å². The Labute approximate surface area is 228 Å². The van der Waals surface area contributed by atoms with Gasteiger partial charge < -0.3 is 10.6 Å². The lowest BCUT2D eigenvalue weighted by atomic mass is 9.97. The maximum atomic E-state index is 3.68. The van der Waals surface area contributed by atoms with E-state index in [4.69, 9.17) is 0 Å². The van der Waals surface area contributed by atoms with Crippen molar-refractivity contribution in [3.8, 4) is 0 Å². The van der Waals surface area contributed by atoms with Gasteiger partial charge in [-0.15, -0.1) is 0 Å². The van der Waals surface area contributed by atoms with Gasteiger partial charge in [-0.25, -0.2) is 0 Å². The van der Waals surface area contributed by atoms with E-state index in [1.807, 2.05) is 0 Å². The van der Waals surface area contributed by atoms with Gasteiger partial charge in [0, 0.05) is 13.1 Å². The third-order valence-corrected chi connectivity index (χ3v) is 7.51. The molecule has 0 unspecified atom stereocenters. The number of benzene rings is 5. The lowest BCUT2D eigenvalue weighted by molar-refractivity contribution is 0.624. The number of rotatable bonds is 14. The van der Waals surface area contributed by atoms with Crippen LogP contribution in [0, 0.1) is 0 Å². The highest BCUT2D eigenvalue weighted by Crippen LogP contribution is 2.28. The largest absolute Gasteiger partial charge is 0.313 e. The minimum absolute atomic E-state index is 0.915. The summed E-state index contributed by atoms with van der Waals surface area (Å²) in [6.07, 6.45) is 7.17. The molecule has 194 valence electrons. The van der Waals surface area contributed by atoms with E-state index in [-0.39, 0.29) is 0 Å². The van der Waals surface area contributed by atoms with Crippen LogP contribution in [0.4, 0.5) is 0 Å². The van der Waals surface area contributed by atoms with Crippen LogP contribution >= 0.6 is 0 Å². The minimum atomic E-state index is 0.915. The highest BCUT2D eigenvalue weighted by Gasteiger charge is 2.07. The van der Waals surface area contributed by atoms with E-state index >= 15 is 0 Å². The summed E-state index contributed by atoms with van der Waals surface area (Å²) in [4.78, 5) is 0. The molecule has 0 heterocycles. The fraction of sp³-hybridized carbons (Fsp3) is 0.278. The number of aryl methyl sites for hydroxylation is 2. The van der Waals surface area contributed by atoms with Gasteiger partial charge in [0.25, 0.3) is 0 Å². The van der Waals surface area contributed by atoms with Gasteiger partial charge >= 0.3 is 0 Å². The highest BCUT2D eigenvalue weighted by molar-refractivity contribution is 6.00. The Balaban J connectivity index is 1.13. The molecule has 0 amide bonds. The number of unbranched alkanes of at least 4 members (excludes halogenated alkanes) is 2. The zero-order valence-corrected chi connectivity index (χ0v) is 22.5. The molecule has 0 radical (unpaired) electrons. The quantitative estimate of drug-likeness (QED) is 0.119. The molecule has 5 rings (SSSR count). The van der Waals surface area contributed by atoms with Crippen molar-refractivity contribution in [3.63, 3.8) is 0 Å². The van der Waals surface area contributed by atoms with Crippen LogP contribution < -0.4 is 10.6 Å². The molecular formula is C36H40N2. The zero-order chi connectivity index (χ0) is 25.8. The molecule has 38 heavy (non-hydrogen) atoms. The summed E-state index contributed by atoms with van der Waals surface area (Å²) in [6, 6.07) is 39.8. The minimum Gasteiger partial charge on any atom is -0.313 e. The Kier molecular flexibility index (Phi) is 9.57. The fourth-order valence-electron chi connectivity index (χ4n) is 5.38. The van der Waals surface area contributed by atoms with Gasteiger partial charge in [-0.3, -0.25) is 0 Å². The second-order valence-electron chi connectivity index (χ2n) is 10.4. The first-order valence-electron chi connectivity index (χ1n) is 14.3. The summed E-state index contributed by atoms with van der Waals surface area (Å²) in [6.45, 7) is 3.94. The van der Waals surface area contributed by atoms with Gasteiger partial charge in [0.05, 0.1) is 0 Å². The summed E-state index contributed by atoms with van der Waals surface area (Å²) in [5.41, 5.74) is 5.64. The van der Waals surface area contributed by atoms with E-state index in [9.17, 15) is 0 Å². The second-order valence-corrected chi connectivity index (χ2v) is 10.4. The molecule has 2 N–H and O–H groups in total. The summed E-state index contributed by atoms with van der Waals surface area (Å²) >= 11 is 0. The Hall–Kier alpha value is -3.46. The van der Waals surface area contributed by atoms with E-state index in [1.165, 1.54) is 69.5 Å². The lowest BCUT2D eigenvalue weighted by Gasteiger charge is -2.13. The maximum absolute atomic E-state index is 3.68. The van der Waals surface area contributed by atoms with Crippen molar-refractivity contribution in [3.05, 3.63) is 131 Å². The monoisotopic (exact) mass is 500 g/mol. The smallest absolute Gasteiger partial charge is 0.0211 e. The van der Waals surface area contributed by atoms with Crippen molar-refractivity contribution in [2.45, 2.75) is 51.6 Å². The Morgan fingerprint density at radius 1 is 0.421 bits per heavy atom. The normalized spacial score (nSPS) is 11.4. The Bertz CT molecular complexity index is 1300. The van der Waals surface area contributed by atoms with Gasteiger partial charge in [-0.1, -0.05) is 97.1 Å². The first-order valence-corrected chi connectivity index (χ1v) is 14.3. The molecule has 0 aromatic heterocycles. The molecule has 2 heteroatoms. The molecule has 0 bridgehead atoms. The standard InChI is InChI=1S/C36H40N2/c1-3-13-29(14-4-1)17-7-9-23-37-27-33-21-11-19-31-26-36-32(25-35(31)33)20-12-22-34(36)28-38-24-10-8-18-30-15-5-2-6-16-30/h1-6,11-16,19-22,25-26,37-38H,7-10,17-18,23-24,27-28H2. The first kappa shape index (κ1) is 26.2. The van der Waals surface area contributed by atoms with Gasteiger partial charge in [0.15, 0.2) is 0 Å². The van der Waals surface area contributed by atoms with Crippen molar-refractivity contribution in [2.75, 3.05) is 13.1 Å². The Morgan fingerprint density at radius 2 is 0.868 bits per heavy atom. The molecule has 0 atom stereocenters. The number of fused-ring (bicyclic) bond motifs is 2. The van der Waals surface area contributed by atoms with E-state index < -0.39 is 0 Å². The zero-order valence-electron chi connectivity index (χ0n) is 22.5. The molecule has 0 fully saturated rings. The summed E-state index contributed by atoms with van der Waals surface area (Å²) in [5.74, 6) is 0. The molecule has 0 saturated heterocycles. The molecule has 0 spiro atoms. The average molecular weight is 501 g/mol. The van der Waals surface area contributed by atoms with Gasteiger partial charge in [0.2, 0.25) is 0 Å². The Morgan fingerprint density at radius 3 is 1.32 bits per heavy atom. The van der Waals surface area contributed by atoms with Crippen LogP contribution in [0.25, 0.3) is 21.5 Å². The topological polar surface area (TPSA) is 24.1 Å². The van der Waals surface area contributed by atoms with E-state index in [0.29, 0.717) is 0 Å². The highest BCUT2D eigenvalue weighted by atomic mass is 14.8. The summed E-state index contributed by atoms with van der Waals surface area (Å²) in [7, 11) is 0. The predicted octanol–water partition coefficient (Wildman–Crippen LogP) is 8.22. The molecule has 0 aliphatic rings. The van der Waals surface area contributed by atoms with Gasteiger partial charge in [-0.2, -0.15) is 0 Å². The number of hydrogen-bond donors (Lipinski definition) is 2. The van der Waals surface area contributed by atoms with Crippen LogP contribution in [-0.4, -0.2) is 13.1 Å². The first-order chi connectivity index (χ1) is 18.9. The van der Waals surface area contributed by atoms with Gasteiger partial charge in [0.1, 0.15) is 0 Å². The van der Waals surface area contributed by atoms with Crippen molar-refractivity contribution in [2.24, 2.45) is 0 Å². The van der Waals surface area contributed by atoms with Crippen LogP contribution in [0.5, 0.6) is 0 Å². The van der Waals surface area contributed by atoms with Crippen LogP contribution in [-0.2, 0) is 25.9 Å². The number of nitrogens with one attached hydrogen (secondary N) is 2. The third-order valence-electron chi connectivity index (χ3n) is 7.51. The van der Waals surface area contributed by atoms with Crippen molar-refractivity contribution >= 4 is 21.5 Å². The van der Waals surface area contributed by atoms with E-state index in [1.54, 1.807) is 0 Å². The number of hydrogen-bond acceptors (Lipinski definition) is 2. The average Bonchev–Trinajstić information content (AvgIpc) is 2.97.